The SMILES string of the molecule is CC(C)(C)[C@@H](N)C(=O)Nc1ccc(Cl)cc1I. The van der Waals surface area contributed by atoms with Crippen LogP contribution in [0.15, 0.2) is 18.2 Å². The fourth-order valence-electron chi connectivity index (χ4n) is 1.19. The fraction of sp³-hybridized carbons (Fsp3) is 0.417. The Kier molecular flexibility index (Phi) is 4.80. The van der Waals surface area contributed by atoms with Gasteiger partial charge in [-0.2, -0.15) is 0 Å². The standard InChI is InChI=1S/C12H16ClIN2O/c1-12(2,3)10(15)11(17)16-9-5-4-7(13)6-8(9)14/h4-6,10H,15H2,1-3H3,(H,16,17)/t10-/m0/s1. The van der Waals surface area contributed by atoms with Gasteiger partial charge in [0.1, 0.15) is 0 Å². The Bertz CT molecular complexity index is 429. The number of carbonyl (C=O) groups excluding carboxylic acids is 1. The molecule has 1 amide bonds. The quantitative estimate of drug-likeness (QED) is 0.789. The number of amides is 1. The molecule has 0 aliphatic carbocycles. The summed E-state index contributed by atoms with van der Waals surface area (Å²) < 4.78 is 0.893. The Morgan fingerprint density at radius 1 is 1.47 bits per heavy atom. The smallest absolute Gasteiger partial charge is 0.241 e. The summed E-state index contributed by atoms with van der Waals surface area (Å²) in [6.45, 7) is 5.80. The maximum Gasteiger partial charge on any atom is 0.241 e. The molecule has 94 valence electrons. The van der Waals surface area contributed by atoms with Crippen LogP contribution in [0.4, 0.5) is 5.69 Å². The lowest BCUT2D eigenvalue weighted by Crippen LogP contribution is -2.45. The van der Waals surface area contributed by atoms with Crippen molar-refractivity contribution in [2.75, 3.05) is 5.32 Å². The van der Waals surface area contributed by atoms with E-state index in [1.165, 1.54) is 0 Å². The molecular weight excluding hydrogens is 351 g/mol. The highest BCUT2D eigenvalue weighted by molar-refractivity contribution is 14.1. The monoisotopic (exact) mass is 366 g/mol. The largest absolute Gasteiger partial charge is 0.324 e. The van der Waals surface area contributed by atoms with Crippen LogP contribution in [0, 0.1) is 8.99 Å². The highest BCUT2D eigenvalue weighted by atomic mass is 127. The maximum absolute atomic E-state index is 11.9. The van der Waals surface area contributed by atoms with E-state index in [4.69, 9.17) is 17.3 Å². The third-order valence-corrected chi connectivity index (χ3v) is 3.53. The van der Waals surface area contributed by atoms with Gasteiger partial charge in [-0.15, -0.1) is 0 Å². The molecule has 1 atom stereocenters. The first kappa shape index (κ1) is 14.7. The number of anilines is 1. The van der Waals surface area contributed by atoms with Crippen molar-refractivity contribution < 1.29 is 4.79 Å². The van der Waals surface area contributed by atoms with Crippen LogP contribution in [0.25, 0.3) is 0 Å². The van der Waals surface area contributed by atoms with Gasteiger partial charge in [-0.3, -0.25) is 4.79 Å². The van der Waals surface area contributed by atoms with Crippen molar-refractivity contribution in [1.29, 1.82) is 0 Å². The van der Waals surface area contributed by atoms with Crippen LogP contribution >= 0.6 is 34.2 Å². The number of nitrogens with two attached hydrogens (primary N) is 1. The second kappa shape index (κ2) is 5.54. The van der Waals surface area contributed by atoms with E-state index in [-0.39, 0.29) is 11.3 Å². The number of benzene rings is 1. The second-order valence-electron chi connectivity index (χ2n) is 4.96. The molecule has 0 saturated heterocycles. The molecule has 0 saturated carbocycles. The first-order chi connectivity index (χ1) is 7.71. The van der Waals surface area contributed by atoms with Crippen molar-refractivity contribution in [2.24, 2.45) is 11.1 Å². The minimum atomic E-state index is -0.547. The Balaban J connectivity index is 2.82. The van der Waals surface area contributed by atoms with Crippen LogP contribution < -0.4 is 11.1 Å². The molecule has 0 aliphatic heterocycles. The lowest BCUT2D eigenvalue weighted by molar-refractivity contribution is -0.119. The lowest BCUT2D eigenvalue weighted by Gasteiger charge is -2.26. The third kappa shape index (κ3) is 4.12. The molecule has 0 heterocycles. The van der Waals surface area contributed by atoms with Crippen molar-refractivity contribution in [1.82, 2.24) is 0 Å². The van der Waals surface area contributed by atoms with Gasteiger partial charge in [0.05, 0.1) is 11.7 Å². The summed E-state index contributed by atoms with van der Waals surface area (Å²) in [5.74, 6) is -0.183. The fourth-order valence-corrected chi connectivity index (χ4v) is 2.20. The van der Waals surface area contributed by atoms with Crippen LogP contribution in [-0.4, -0.2) is 11.9 Å². The van der Waals surface area contributed by atoms with E-state index in [1.54, 1.807) is 18.2 Å². The van der Waals surface area contributed by atoms with E-state index >= 15 is 0 Å². The summed E-state index contributed by atoms with van der Waals surface area (Å²) in [6, 6.07) is 4.76. The zero-order chi connectivity index (χ0) is 13.2. The van der Waals surface area contributed by atoms with E-state index in [2.05, 4.69) is 27.9 Å². The molecular formula is C12H16ClIN2O. The number of hydrogen-bond acceptors (Lipinski definition) is 2. The van der Waals surface area contributed by atoms with Crippen molar-refractivity contribution >= 4 is 45.8 Å². The molecule has 1 rings (SSSR count). The summed E-state index contributed by atoms with van der Waals surface area (Å²) in [4.78, 5) is 11.9. The molecule has 0 radical (unpaired) electrons. The van der Waals surface area contributed by atoms with E-state index in [0.29, 0.717) is 5.02 Å². The Morgan fingerprint density at radius 2 is 2.06 bits per heavy atom. The molecule has 1 aromatic rings. The molecule has 3 N–H and O–H groups in total. The van der Waals surface area contributed by atoms with Gasteiger partial charge >= 0.3 is 0 Å². The first-order valence-electron chi connectivity index (χ1n) is 5.23. The lowest BCUT2D eigenvalue weighted by atomic mass is 9.87. The number of hydrogen-bond donors (Lipinski definition) is 2. The summed E-state index contributed by atoms with van der Waals surface area (Å²) in [5, 5.41) is 3.46. The average Bonchev–Trinajstić information content (AvgIpc) is 2.19. The molecule has 0 fully saturated rings. The van der Waals surface area contributed by atoms with Crippen molar-refractivity contribution in [3.63, 3.8) is 0 Å². The van der Waals surface area contributed by atoms with Gasteiger partial charge in [0.15, 0.2) is 0 Å². The molecule has 5 heteroatoms. The van der Waals surface area contributed by atoms with Crippen LogP contribution in [0.5, 0.6) is 0 Å². The Hall–Kier alpha value is -0.330. The predicted octanol–water partition coefficient (Wildman–Crippen LogP) is 3.26. The van der Waals surface area contributed by atoms with Crippen molar-refractivity contribution in [3.8, 4) is 0 Å². The van der Waals surface area contributed by atoms with Gasteiger partial charge in [0, 0.05) is 8.59 Å². The van der Waals surface area contributed by atoms with Gasteiger partial charge < -0.3 is 11.1 Å². The summed E-state index contributed by atoms with van der Waals surface area (Å²) in [7, 11) is 0. The van der Waals surface area contributed by atoms with E-state index in [1.807, 2.05) is 20.8 Å². The summed E-state index contributed by atoms with van der Waals surface area (Å²) in [5.41, 5.74) is 6.36. The number of carbonyl (C=O) groups is 1. The van der Waals surface area contributed by atoms with Crippen molar-refractivity contribution in [3.05, 3.63) is 26.8 Å². The summed E-state index contributed by atoms with van der Waals surface area (Å²) in [6.07, 6.45) is 0. The maximum atomic E-state index is 11.9. The number of halogens is 2. The molecule has 0 aromatic heterocycles. The van der Waals surface area contributed by atoms with Crippen molar-refractivity contribution in [2.45, 2.75) is 26.8 Å². The zero-order valence-electron chi connectivity index (χ0n) is 10.1. The average molecular weight is 367 g/mol. The molecule has 3 nitrogen and oxygen atoms in total. The van der Waals surface area contributed by atoms with Gasteiger partial charge in [-0.25, -0.2) is 0 Å². The van der Waals surface area contributed by atoms with E-state index < -0.39 is 6.04 Å². The van der Waals surface area contributed by atoms with Crippen LogP contribution in [-0.2, 0) is 4.79 Å². The van der Waals surface area contributed by atoms with Crippen LogP contribution in [0.1, 0.15) is 20.8 Å². The summed E-state index contributed by atoms with van der Waals surface area (Å²) >= 11 is 7.97. The van der Waals surface area contributed by atoms with Gasteiger partial charge in [-0.05, 0) is 46.2 Å². The topological polar surface area (TPSA) is 55.1 Å². The molecule has 0 spiro atoms. The van der Waals surface area contributed by atoms with Gasteiger partial charge in [0.2, 0.25) is 5.91 Å². The molecule has 1 aromatic carbocycles. The Morgan fingerprint density at radius 3 is 2.53 bits per heavy atom. The second-order valence-corrected chi connectivity index (χ2v) is 6.56. The zero-order valence-corrected chi connectivity index (χ0v) is 13.0. The van der Waals surface area contributed by atoms with E-state index in [9.17, 15) is 4.79 Å². The Labute approximate surface area is 120 Å². The molecule has 0 aliphatic rings. The normalized spacial score (nSPS) is 13.3. The molecule has 0 bridgehead atoms. The van der Waals surface area contributed by atoms with Gasteiger partial charge in [0.25, 0.3) is 0 Å². The first-order valence-corrected chi connectivity index (χ1v) is 6.69. The highest BCUT2D eigenvalue weighted by Gasteiger charge is 2.27. The highest BCUT2D eigenvalue weighted by Crippen LogP contribution is 2.24. The van der Waals surface area contributed by atoms with Gasteiger partial charge in [-0.1, -0.05) is 32.4 Å². The molecule has 17 heavy (non-hydrogen) atoms. The minimum Gasteiger partial charge on any atom is -0.324 e. The number of rotatable bonds is 2. The third-order valence-electron chi connectivity index (χ3n) is 2.40. The molecule has 0 unspecified atom stereocenters. The predicted molar refractivity (Wildman–Crippen MR) is 80.2 cm³/mol. The van der Waals surface area contributed by atoms with Crippen LogP contribution in [0.2, 0.25) is 5.02 Å². The van der Waals surface area contributed by atoms with Crippen LogP contribution in [0.3, 0.4) is 0 Å². The van der Waals surface area contributed by atoms with E-state index in [0.717, 1.165) is 9.26 Å². The number of nitrogens with one attached hydrogen (secondary N) is 1. The minimum absolute atomic E-state index is 0.183.